The Hall–Kier alpha value is -2.25. The SMILES string of the molecule is CC1CCN(c2cncc3nnnn23)C(C(=O)O)C1. The number of fused-ring (bicyclic) bond motifs is 1. The fourth-order valence-electron chi connectivity index (χ4n) is 2.51. The van der Waals surface area contributed by atoms with Gasteiger partial charge in [-0.1, -0.05) is 6.92 Å². The molecule has 2 aromatic rings. The fourth-order valence-corrected chi connectivity index (χ4v) is 2.51. The molecule has 0 amide bonds. The van der Waals surface area contributed by atoms with Crippen LogP contribution in [0.5, 0.6) is 0 Å². The maximum Gasteiger partial charge on any atom is 0.326 e. The molecule has 19 heavy (non-hydrogen) atoms. The van der Waals surface area contributed by atoms with Crippen molar-refractivity contribution in [3.8, 4) is 0 Å². The second kappa shape index (κ2) is 4.45. The molecule has 2 aromatic heterocycles. The van der Waals surface area contributed by atoms with Crippen LogP contribution in [0.3, 0.4) is 0 Å². The van der Waals surface area contributed by atoms with Crippen LogP contribution in [-0.4, -0.2) is 48.7 Å². The van der Waals surface area contributed by atoms with Crippen molar-refractivity contribution in [2.24, 2.45) is 5.92 Å². The van der Waals surface area contributed by atoms with Crippen LogP contribution in [0.2, 0.25) is 0 Å². The largest absolute Gasteiger partial charge is 0.480 e. The summed E-state index contributed by atoms with van der Waals surface area (Å²) in [7, 11) is 0. The third kappa shape index (κ3) is 1.98. The van der Waals surface area contributed by atoms with E-state index in [4.69, 9.17) is 0 Å². The molecule has 0 bridgehead atoms. The lowest BCUT2D eigenvalue weighted by atomic mass is 9.92. The summed E-state index contributed by atoms with van der Waals surface area (Å²) in [6, 6.07) is -0.555. The molecular weight excluding hydrogens is 248 g/mol. The van der Waals surface area contributed by atoms with E-state index in [1.807, 2.05) is 4.90 Å². The number of carboxylic acids is 1. The minimum Gasteiger partial charge on any atom is -0.480 e. The molecule has 3 heterocycles. The lowest BCUT2D eigenvalue weighted by molar-refractivity contribution is -0.139. The van der Waals surface area contributed by atoms with E-state index in [1.165, 1.54) is 4.52 Å². The number of piperidine rings is 1. The van der Waals surface area contributed by atoms with Gasteiger partial charge in [-0.3, -0.25) is 4.98 Å². The van der Waals surface area contributed by atoms with E-state index in [-0.39, 0.29) is 0 Å². The molecule has 2 unspecified atom stereocenters. The van der Waals surface area contributed by atoms with Crippen molar-refractivity contribution < 1.29 is 9.90 Å². The number of tetrazole rings is 1. The number of hydrogen-bond acceptors (Lipinski definition) is 6. The van der Waals surface area contributed by atoms with Gasteiger partial charge >= 0.3 is 5.97 Å². The van der Waals surface area contributed by atoms with E-state index in [2.05, 4.69) is 27.4 Å². The van der Waals surface area contributed by atoms with E-state index >= 15 is 0 Å². The van der Waals surface area contributed by atoms with Crippen molar-refractivity contribution in [1.29, 1.82) is 0 Å². The summed E-state index contributed by atoms with van der Waals surface area (Å²) < 4.78 is 1.53. The first-order valence-electron chi connectivity index (χ1n) is 6.18. The molecule has 1 aliphatic heterocycles. The van der Waals surface area contributed by atoms with Crippen LogP contribution in [0, 0.1) is 5.92 Å². The first-order chi connectivity index (χ1) is 9.16. The molecule has 1 fully saturated rings. The maximum absolute atomic E-state index is 11.4. The van der Waals surface area contributed by atoms with E-state index in [9.17, 15) is 9.90 Å². The summed E-state index contributed by atoms with van der Waals surface area (Å²) in [6.45, 7) is 2.74. The number of rotatable bonds is 2. The highest BCUT2D eigenvalue weighted by Crippen LogP contribution is 2.27. The molecule has 0 aliphatic carbocycles. The predicted molar refractivity (Wildman–Crippen MR) is 65.7 cm³/mol. The second-order valence-electron chi connectivity index (χ2n) is 4.89. The normalized spacial score (nSPS) is 23.7. The molecule has 8 nitrogen and oxygen atoms in total. The fraction of sp³-hybridized carbons (Fsp3) is 0.545. The van der Waals surface area contributed by atoms with Gasteiger partial charge in [-0.25, -0.2) is 4.79 Å². The number of aromatic nitrogens is 5. The van der Waals surface area contributed by atoms with E-state index in [0.717, 1.165) is 6.42 Å². The quantitative estimate of drug-likeness (QED) is 0.826. The summed E-state index contributed by atoms with van der Waals surface area (Å²) in [5.74, 6) is 0.205. The van der Waals surface area contributed by atoms with Crippen LogP contribution < -0.4 is 4.90 Å². The Morgan fingerprint density at radius 3 is 3.11 bits per heavy atom. The summed E-state index contributed by atoms with van der Waals surface area (Å²) >= 11 is 0. The zero-order chi connectivity index (χ0) is 13.4. The predicted octanol–water partition coefficient (Wildman–Crippen LogP) is 0.209. The van der Waals surface area contributed by atoms with Crippen LogP contribution in [0.25, 0.3) is 5.65 Å². The van der Waals surface area contributed by atoms with Crippen LogP contribution in [0.4, 0.5) is 5.82 Å². The van der Waals surface area contributed by atoms with Crippen LogP contribution >= 0.6 is 0 Å². The minimum atomic E-state index is -0.823. The third-order valence-electron chi connectivity index (χ3n) is 3.53. The van der Waals surface area contributed by atoms with E-state index in [0.29, 0.717) is 30.3 Å². The Morgan fingerprint density at radius 2 is 2.32 bits per heavy atom. The first-order valence-corrected chi connectivity index (χ1v) is 6.18. The zero-order valence-corrected chi connectivity index (χ0v) is 10.5. The Kier molecular flexibility index (Phi) is 2.77. The topological polar surface area (TPSA) is 96.5 Å². The van der Waals surface area contributed by atoms with Crippen molar-refractivity contribution in [1.82, 2.24) is 25.0 Å². The van der Waals surface area contributed by atoms with Gasteiger partial charge in [0.2, 0.25) is 0 Å². The maximum atomic E-state index is 11.4. The molecule has 8 heteroatoms. The Morgan fingerprint density at radius 1 is 1.47 bits per heavy atom. The van der Waals surface area contributed by atoms with E-state index < -0.39 is 12.0 Å². The minimum absolute atomic E-state index is 0.401. The van der Waals surface area contributed by atoms with Crippen molar-refractivity contribution in [3.63, 3.8) is 0 Å². The summed E-state index contributed by atoms with van der Waals surface area (Å²) in [6.07, 6.45) is 4.72. The van der Waals surface area contributed by atoms with Gasteiger partial charge in [0.1, 0.15) is 6.04 Å². The molecule has 0 radical (unpaired) electrons. The van der Waals surface area contributed by atoms with Crippen molar-refractivity contribution in [2.45, 2.75) is 25.8 Å². The molecule has 0 saturated carbocycles. The molecule has 0 aromatic carbocycles. The lowest BCUT2D eigenvalue weighted by Crippen LogP contribution is -2.47. The van der Waals surface area contributed by atoms with Gasteiger partial charge in [0.15, 0.2) is 11.5 Å². The van der Waals surface area contributed by atoms with Crippen LogP contribution in [0.15, 0.2) is 12.4 Å². The smallest absolute Gasteiger partial charge is 0.326 e. The lowest BCUT2D eigenvalue weighted by Gasteiger charge is -2.36. The third-order valence-corrected chi connectivity index (χ3v) is 3.53. The highest BCUT2D eigenvalue weighted by molar-refractivity contribution is 5.78. The molecule has 1 N–H and O–H groups in total. The van der Waals surface area contributed by atoms with Gasteiger partial charge in [-0.15, -0.1) is 5.10 Å². The average Bonchev–Trinajstić information content (AvgIpc) is 2.86. The van der Waals surface area contributed by atoms with Crippen molar-refractivity contribution in [3.05, 3.63) is 12.4 Å². The molecule has 1 saturated heterocycles. The molecule has 1 aliphatic rings. The summed E-state index contributed by atoms with van der Waals surface area (Å²) in [5.41, 5.74) is 0.514. The van der Waals surface area contributed by atoms with Gasteiger partial charge in [-0.05, 0) is 29.2 Å². The number of hydrogen-bond donors (Lipinski definition) is 1. The first kappa shape index (κ1) is 11.8. The monoisotopic (exact) mass is 262 g/mol. The van der Waals surface area contributed by atoms with Gasteiger partial charge in [0.05, 0.1) is 12.4 Å². The Balaban J connectivity index is 2.04. The van der Waals surface area contributed by atoms with Gasteiger partial charge < -0.3 is 10.0 Å². The number of anilines is 1. The summed E-state index contributed by atoms with van der Waals surface area (Å²) in [5, 5.41) is 20.7. The number of carbonyl (C=O) groups is 1. The molecule has 100 valence electrons. The molecule has 3 rings (SSSR count). The van der Waals surface area contributed by atoms with Gasteiger partial charge in [0, 0.05) is 6.54 Å². The highest BCUT2D eigenvalue weighted by atomic mass is 16.4. The number of aliphatic carboxylic acids is 1. The second-order valence-corrected chi connectivity index (χ2v) is 4.89. The van der Waals surface area contributed by atoms with E-state index in [1.54, 1.807) is 12.4 Å². The summed E-state index contributed by atoms with van der Waals surface area (Å²) in [4.78, 5) is 17.3. The zero-order valence-electron chi connectivity index (χ0n) is 10.5. The Bertz CT molecular complexity index is 612. The molecule has 2 atom stereocenters. The Labute approximate surface area is 109 Å². The molecular formula is C11H14N6O2. The molecule has 0 spiro atoms. The van der Waals surface area contributed by atoms with Gasteiger partial charge in [0.25, 0.3) is 0 Å². The van der Waals surface area contributed by atoms with Crippen molar-refractivity contribution in [2.75, 3.05) is 11.4 Å². The number of nitrogens with zero attached hydrogens (tertiary/aromatic N) is 6. The van der Waals surface area contributed by atoms with Gasteiger partial charge in [-0.2, -0.15) is 4.52 Å². The van der Waals surface area contributed by atoms with Crippen molar-refractivity contribution >= 4 is 17.4 Å². The average molecular weight is 262 g/mol. The number of carboxylic acid groups (broad SMARTS) is 1. The standard InChI is InChI=1S/C11H14N6O2/c1-7-2-3-16(8(4-7)11(18)19)10-6-12-5-9-13-14-15-17(9)10/h5-8H,2-4H2,1H3,(H,18,19). The van der Waals surface area contributed by atoms with Crippen LogP contribution in [0.1, 0.15) is 19.8 Å². The van der Waals surface area contributed by atoms with Crippen LogP contribution in [-0.2, 0) is 4.79 Å². The highest BCUT2D eigenvalue weighted by Gasteiger charge is 2.33.